The number of anilines is 1. The van der Waals surface area contributed by atoms with E-state index >= 15 is 0 Å². The van der Waals surface area contributed by atoms with Crippen molar-refractivity contribution in [3.63, 3.8) is 0 Å². The molecule has 0 aliphatic rings. The molecule has 0 atom stereocenters. The van der Waals surface area contributed by atoms with E-state index in [1.165, 1.54) is 11.1 Å². The van der Waals surface area contributed by atoms with Gasteiger partial charge in [0.2, 0.25) is 0 Å². The van der Waals surface area contributed by atoms with Gasteiger partial charge < -0.3 is 5.01 Å². The zero-order valence-electron chi connectivity index (χ0n) is 7.96. The summed E-state index contributed by atoms with van der Waals surface area (Å²) in [5.74, 6) is 5.69. The summed E-state index contributed by atoms with van der Waals surface area (Å²) in [6.45, 7) is 4.27. The summed E-state index contributed by atoms with van der Waals surface area (Å²) in [6.07, 6.45) is 1.03. The van der Waals surface area contributed by atoms with E-state index in [0.717, 1.165) is 12.1 Å². The van der Waals surface area contributed by atoms with Gasteiger partial charge in [0.25, 0.3) is 0 Å². The van der Waals surface area contributed by atoms with Crippen LogP contribution in [-0.4, -0.2) is 7.05 Å². The maximum atomic E-state index is 5.69. The topological polar surface area (TPSA) is 29.3 Å². The minimum atomic E-state index is 1.03. The van der Waals surface area contributed by atoms with E-state index in [-0.39, 0.29) is 0 Å². The first-order chi connectivity index (χ1) is 5.66. The number of hydrogen-bond acceptors (Lipinski definition) is 2. The number of benzene rings is 1. The van der Waals surface area contributed by atoms with E-state index in [1.807, 2.05) is 19.2 Å². The lowest BCUT2D eigenvalue weighted by Gasteiger charge is -2.17. The second-order valence-corrected chi connectivity index (χ2v) is 3.04. The van der Waals surface area contributed by atoms with Gasteiger partial charge in [-0.3, -0.25) is 0 Å². The Hall–Kier alpha value is -1.02. The molecule has 0 radical (unpaired) electrons. The Balaban J connectivity index is 3.18. The van der Waals surface area contributed by atoms with Gasteiger partial charge in [0, 0.05) is 7.05 Å². The van der Waals surface area contributed by atoms with Gasteiger partial charge in [-0.1, -0.05) is 19.1 Å². The number of hydrazine groups is 1. The molecule has 0 bridgehead atoms. The summed E-state index contributed by atoms with van der Waals surface area (Å²) >= 11 is 0. The first kappa shape index (κ1) is 9.07. The van der Waals surface area contributed by atoms with Gasteiger partial charge in [0.05, 0.1) is 5.69 Å². The maximum Gasteiger partial charge on any atom is 0.0548 e. The fraction of sp³-hybridized carbons (Fsp3) is 0.400. The van der Waals surface area contributed by atoms with Crippen LogP contribution < -0.4 is 10.9 Å². The Labute approximate surface area is 74.0 Å². The Bertz CT molecular complexity index is 267. The molecule has 2 nitrogen and oxygen atoms in total. The lowest BCUT2D eigenvalue weighted by molar-refractivity contribution is 0.979. The number of nitrogens with two attached hydrogens (primary N) is 1. The molecule has 0 aromatic heterocycles. The molecule has 0 aliphatic carbocycles. The molecule has 2 heteroatoms. The molecular weight excluding hydrogens is 148 g/mol. The third-order valence-corrected chi connectivity index (χ3v) is 2.12. The Kier molecular flexibility index (Phi) is 2.71. The van der Waals surface area contributed by atoms with Gasteiger partial charge in [-0.25, -0.2) is 5.84 Å². The van der Waals surface area contributed by atoms with Gasteiger partial charge in [0.1, 0.15) is 0 Å². The number of rotatable bonds is 2. The summed E-state index contributed by atoms with van der Waals surface area (Å²) in [4.78, 5) is 0. The number of nitrogens with zero attached hydrogens (tertiary/aromatic N) is 1. The lowest BCUT2D eigenvalue weighted by atomic mass is 10.0. The molecule has 0 aliphatic heterocycles. The van der Waals surface area contributed by atoms with Crippen molar-refractivity contribution in [2.75, 3.05) is 12.1 Å². The standard InChI is InChI=1S/C10H16N2/c1-4-9-8(2)6-5-7-10(9)12(3)11/h5-7H,4,11H2,1-3H3. The van der Waals surface area contributed by atoms with Crippen LogP contribution in [0.2, 0.25) is 0 Å². The van der Waals surface area contributed by atoms with Crippen LogP contribution in [-0.2, 0) is 6.42 Å². The van der Waals surface area contributed by atoms with Gasteiger partial charge in [0.15, 0.2) is 0 Å². The van der Waals surface area contributed by atoms with Crippen LogP contribution in [0.25, 0.3) is 0 Å². The van der Waals surface area contributed by atoms with Crippen molar-refractivity contribution in [2.45, 2.75) is 20.3 Å². The zero-order valence-corrected chi connectivity index (χ0v) is 7.96. The van der Waals surface area contributed by atoms with E-state index in [4.69, 9.17) is 5.84 Å². The summed E-state index contributed by atoms with van der Waals surface area (Å²) in [5, 5.41) is 1.67. The van der Waals surface area contributed by atoms with E-state index in [9.17, 15) is 0 Å². The second-order valence-electron chi connectivity index (χ2n) is 3.04. The average molecular weight is 164 g/mol. The van der Waals surface area contributed by atoms with Gasteiger partial charge in [-0.05, 0) is 30.5 Å². The van der Waals surface area contributed by atoms with E-state index < -0.39 is 0 Å². The number of hydrogen-bond donors (Lipinski definition) is 1. The fourth-order valence-corrected chi connectivity index (χ4v) is 1.48. The minimum Gasteiger partial charge on any atom is -0.314 e. The predicted octanol–water partition coefficient (Wildman–Crippen LogP) is 1.87. The van der Waals surface area contributed by atoms with Crippen LogP contribution >= 0.6 is 0 Å². The van der Waals surface area contributed by atoms with Crippen LogP contribution in [0, 0.1) is 6.92 Å². The van der Waals surface area contributed by atoms with Crippen molar-refractivity contribution in [3.8, 4) is 0 Å². The molecule has 0 spiro atoms. The Morgan fingerprint density at radius 3 is 2.50 bits per heavy atom. The molecular formula is C10H16N2. The number of aryl methyl sites for hydroxylation is 1. The van der Waals surface area contributed by atoms with E-state index in [0.29, 0.717) is 0 Å². The normalized spacial score (nSPS) is 10.0. The molecule has 0 saturated heterocycles. The molecule has 0 saturated carbocycles. The molecule has 1 aromatic rings. The quantitative estimate of drug-likeness (QED) is 0.534. The third kappa shape index (κ3) is 1.59. The van der Waals surface area contributed by atoms with E-state index in [1.54, 1.807) is 5.01 Å². The molecule has 0 heterocycles. The first-order valence-corrected chi connectivity index (χ1v) is 4.23. The predicted molar refractivity (Wildman–Crippen MR) is 53.1 cm³/mol. The highest BCUT2D eigenvalue weighted by Crippen LogP contribution is 2.21. The average Bonchev–Trinajstić information content (AvgIpc) is 2.03. The summed E-state index contributed by atoms with van der Waals surface area (Å²) in [5.41, 5.74) is 3.77. The Morgan fingerprint density at radius 2 is 2.08 bits per heavy atom. The van der Waals surface area contributed by atoms with Crippen molar-refractivity contribution in [1.82, 2.24) is 0 Å². The van der Waals surface area contributed by atoms with Gasteiger partial charge in [-0.15, -0.1) is 0 Å². The maximum absolute atomic E-state index is 5.69. The molecule has 0 fully saturated rings. The summed E-state index contributed by atoms with van der Waals surface area (Å²) in [6, 6.07) is 6.20. The Morgan fingerprint density at radius 1 is 1.42 bits per heavy atom. The van der Waals surface area contributed by atoms with Crippen LogP contribution in [0.1, 0.15) is 18.1 Å². The van der Waals surface area contributed by atoms with E-state index in [2.05, 4.69) is 19.9 Å². The van der Waals surface area contributed by atoms with Crippen molar-refractivity contribution < 1.29 is 0 Å². The summed E-state index contributed by atoms with van der Waals surface area (Å²) < 4.78 is 0. The molecule has 0 unspecified atom stereocenters. The molecule has 1 aromatic carbocycles. The van der Waals surface area contributed by atoms with Crippen LogP contribution in [0.3, 0.4) is 0 Å². The largest absolute Gasteiger partial charge is 0.314 e. The van der Waals surface area contributed by atoms with Crippen molar-refractivity contribution in [2.24, 2.45) is 5.84 Å². The SMILES string of the molecule is CCc1c(C)cccc1N(C)N. The monoisotopic (exact) mass is 164 g/mol. The van der Waals surface area contributed by atoms with Crippen LogP contribution in [0.4, 0.5) is 5.69 Å². The lowest BCUT2D eigenvalue weighted by Crippen LogP contribution is -2.26. The molecule has 2 N–H and O–H groups in total. The zero-order chi connectivity index (χ0) is 9.14. The molecule has 1 rings (SSSR count). The molecule has 66 valence electrons. The second kappa shape index (κ2) is 3.59. The highest BCUT2D eigenvalue weighted by molar-refractivity contribution is 5.55. The first-order valence-electron chi connectivity index (χ1n) is 4.23. The van der Waals surface area contributed by atoms with Crippen LogP contribution in [0.5, 0.6) is 0 Å². The highest BCUT2D eigenvalue weighted by Gasteiger charge is 2.04. The molecule has 0 amide bonds. The van der Waals surface area contributed by atoms with Crippen molar-refractivity contribution in [3.05, 3.63) is 29.3 Å². The van der Waals surface area contributed by atoms with Gasteiger partial charge >= 0.3 is 0 Å². The highest BCUT2D eigenvalue weighted by atomic mass is 15.4. The smallest absolute Gasteiger partial charge is 0.0548 e. The third-order valence-electron chi connectivity index (χ3n) is 2.12. The summed E-state index contributed by atoms with van der Waals surface area (Å²) in [7, 11) is 1.87. The fourth-order valence-electron chi connectivity index (χ4n) is 1.48. The van der Waals surface area contributed by atoms with Crippen molar-refractivity contribution >= 4 is 5.69 Å². The minimum absolute atomic E-state index is 1.03. The molecule has 12 heavy (non-hydrogen) atoms. The van der Waals surface area contributed by atoms with Gasteiger partial charge in [-0.2, -0.15) is 0 Å². The van der Waals surface area contributed by atoms with Crippen molar-refractivity contribution in [1.29, 1.82) is 0 Å². The van der Waals surface area contributed by atoms with Crippen LogP contribution in [0.15, 0.2) is 18.2 Å².